The molecule has 0 spiro atoms. The molecule has 2 nitrogen and oxygen atoms in total. The molecule has 0 amide bonds. The third-order valence-electron chi connectivity index (χ3n) is 4.94. The smallest absolute Gasteiger partial charge is 0.0936 e. The van der Waals surface area contributed by atoms with Gasteiger partial charge >= 0.3 is 0 Å². The number of nitrogens with zero attached hydrogens (tertiary/aromatic N) is 1. The summed E-state index contributed by atoms with van der Waals surface area (Å²) < 4.78 is 0. The van der Waals surface area contributed by atoms with E-state index < -0.39 is 0 Å². The number of aryl methyl sites for hydroxylation is 1. The van der Waals surface area contributed by atoms with Crippen LogP contribution in [0.1, 0.15) is 31.4 Å². The first-order chi connectivity index (χ1) is 9.29. The van der Waals surface area contributed by atoms with Crippen LogP contribution in [0.5, 0.6) is 0 Å². The summed E-state index contributed by atoms with van der Waals surface area (Å²) in [6.45, 7) is 2.06. The van der Waals surface area contributed by atoms with Crippen LogP contribution in [-0.2, 0) is 0 Å². The van der Waals surface area contributed by atoms with Gasteiger partial charge in [-0.1, -0.05) is 24.6 Å². The molecule has 1 heterocycles. The van der Waals surface area contributed by atoms with Gasteiger partial charge in [-0.25, -0.2) is 0 Å². The molecule has 2 aliphatic rings. The van der Waals surface area contributed by atoms with E-state index in [1.54, 1.807) is 0 Å². The number of pyridine rings is 1. The van der Waals surface area contributed by atoms with Gasteiger partial charge in [-0.15, -0.1) is 0 Å². The fraction of sp³-hybridized carbons (Fsp3) is 0.471. The van der Waals surface area contributed by atoms with E-state index >= 15 is 0 Å². The van der Waals surface area contributed by atoms with E-state index in [0.29, 0.717) is 6.04 Å². The van der Waals surface area contributed by atoms with E-state index in [1.807, 2.05) is 0 Å². The summed E-state index contributed by atoms with van der Waals surface area (Å²) in [5, 5.41) is 5.01. The van der Waals surface area contributed by atoms with E-state index in [9.17, 15) is 0 Å². The van der Waals surface area contributed by atoms with Gasteiger partial charge in [0.15, 0.2) is 0 Å². The average molecular weight is 252 g/mol. The highest BCUT2D eigenvalue weighted by molar-refractivity contribution is 5.90. The number of para-hydroxylation sites is 1. The van der Waals surface area contributed by atoms with Gasteiger partial charge in [-0.05, 0) is 50.2 Å². The first-order valence-electron chi connectivity index (χ1n) is 7.42. The van der Waals surface area contributed by atoms with Gasteiger partial charge < -0.3 is 5.32 Å². The number of hydrogen-bond donors (Lipinski definition) is 1. The number of benzene rings is 1. The number of aromatic nitrogens is 1. The SMILES string of the molecule is Cc1ccc2cccc(NC3CC4CCC3C4)c2n1. The highest BCUT2D eigenvalue weighted by atomic mass is 15.0. The number of fused-ring (bicyclic) bond motifs is 3. The number of rotatable bonds is 2. The molecule has 3 atom stereocenters. The zero-order chi connectivity index (χ0) is 12.8. The van der Waals surface area contributed by atoms with E-state index in [0.717, 1.165) is 23.0 Å². The summed E-state index contributed by atoms with van der Waals surface area (Å²) in [4.78, 5) is 4.72. The zero-order valence-corrected chi connectivity index (χ0v) is 11.4. The van der Waals surface area contributed by atoms with Crippen LogP contribution in [0.15, 0.2) is 30.3 Å². The van der Waals surface area contributed by atoms with Gasteiger partial charge in [-0.3, -0.25) is 4.98 Å². The van der Waals surface area contributed by atoms with Crippen molar-refractivity contribution >= 4 is 16.6 Å². The molecule has 1 aromatic carbocycles. The molecule has 0 aliphatic heterocycles. The Labute approximate surface area is 114 Å². The minimum atomic E-state index is 0.673. The third-order valence-corrected chi connectivity index (χ3v) is 4.94. The quantitative estimate of drug-likeness (QED) is 0.868. The van der Waals surface area contributed by atoms with E-state index in [2.05, 4.69) is 42.6 Å². The van der Waals surface area contributed by atoms with Crippen LogP contribution in [0.3, 0.4) is 0 Å². The fourth-order valence-corrected chi connectivity index (χ4v) is 3.98. The predicted octanol–water partition coefficient (Wildman–Crippen LogP) is 4.14. The van der Waals surface area contributed by atoms with Crippen molar-refractivity contribution in [2.75, 3.05) is 5.32 Å². The second-order valence-corrected chi connectivity index (χ2v) is 6.26. The summed E-state index contributed by atoms with van der Waals surface area (Å²) in [6, 6.07) is 11.4. The number of nitrogens with one attached hydrogen (secondary N) is 1. The van der Waals surface area contributed by atoms with Gasteiger partial charge in [0.1, 0.15) is 0 Å². The summed E-state index contributed by atoms with van der Waals surface area (Å²) >= 11 is 0. The molecular formula is C17H20N2. The summed E-state index contributed by atoms with van der Waals surface area (Å²) in [6.07, 6.45) is 5.66. The standard InChI is InChI=1S/C17H20N2/c1-11-5-7-13-3-2-4-15(17(13)18-11)19-16-10-12-6-8-14(16)9-12/h2-5,7,12,14,16,19H,6,8-10H2,1H3. The van der Waals surface area contributed by atoms with Crippen LogP contribution in [0.25, 0.3) is 10.9 Å². The second kappa shape index (κ2) is 4.22. The molecule has 1 aromatic heterocycles. The Morgan fingerprint density at radius 2 is 2.05 bits per heavy atom. The first kappa shape index (κ1) is 11.3. The maximum absolute atomic E-state index is 4.72. The highest BCUT2D eigenvalue weighted by Crippen LogP contribution is 2.45. The van der Waals surface area contributed by atoms with Crippen LogP contribution < -0.4 is 5.32 Å². The predicted molar refractivity (Wildman–Crippen MR) is 79.3 cm³/mol. The van der Waals surface area contributed by atoms with Crippen LogP contribution in [0.4, 0.5) is 5.69 Å². The monoisotopic (exact) mass is 252 g/mol. The zero-order valence-electron chi connectivity index (χ0n) is 11.4. The Kier molecular flexibility index (Phi) is 2.51. The molecule has 0 radical (unpaired) electrons. The van der Waals surface area contributed by atoms with Gasteiger partial charge in [0, 0.05) is 17.1 Å². The lowest BCUT2D eigenvalue weighted by Gasteiger charge is -2.24. The molecule has 2 bridgehead atoms. The van der Waals surface area contributed by atoms with Gasteiger partial charge in [0.05, 0.1) is 11.2 Å². The Bertz CT molecular complexity index is 620. The van der Waals surface area contributed by atoms with E-state index in [4.69, 9.17) is 4.98 Å². The number of anilines is 1. The van der Waals surface area contributed by atoms with Crippen molar-refractivity contribution in [3.63, 3.8) is 0 Å². The summed E-state index contributed by atoms with van der Waals surface area (Å²) in [5.74, 6) is 1.87. The average Bonchev–Trinajstić information content (AvgIpc) is 3.02. The van der Waals surface area contributed by atoms with Crippen molar-refractivity contribution in [3.05, 3.63) is 36.0 Å². The lowest BCUT2D eigenvalue weighted by molar-refractivity contribution is 0.440. The molecule has 4 rings (SSSR count). The molecule has 19 heavy (non-hydrogen) atoms. The van der Waals surface area contributed by atoms with Crippen molar-refractivity contribution in [1.82, 2.24) is 4.98 Å². The Balaban J connectivity index is 1.69. The Hall–Kier alpha value is -1.57. The molecule has 2 fully saturated rings. The first-order valence-corrected chi connectivity index (χ1v) is 7.42. The Morgan fingerprint density at radius 1 is 1.11 bits per heavy atom. The molecule has 2 aliphatic carbocycles. The molecule has 3 unspecified atom stereocenters. The molecule has 2 saturated carbocycles. The number of hydrogen-bond acceptors (Lipinski definition) is 2. The van der Waals surface area contributed by atoms with Crippen LogP contribution >= 0.6 is 0 Å². The summed E-state index contributed by atoms with van der Waals surface area (Å²) in [7, 11) is 0. The van der Waals surface area contributed by atoms with Crippen molar-refractivity contribution < 1.29 is 0 Å². The minimum absolute atomic E-state index is 0.673. The van der Waals surface area contributed by atoms with Crippen LogP contribution in [0.2, 0.25) is 0 Å². The lowest BCUT2D eigenvalue weighted by atomic mass is 9.95. The molecule has 1 N–H and O–H groups in total. The molecular weight excluding hydrogens is 232 g/mol. The maximum atomic E-state index is 4.72. The lowest BCUT2D eigenvalue weighted by Crippen LogP contribution is -2.25. The highest BCUT2D eigenvalue weighted by Gasteiger charge is 2.39. The maximum Gasteiger partial charge on any atom is 0.0936 e. The van der Waals surface area contributed by atoms with Crippen molar-refractivity contribution in [2.45, 2.75) is 38.6 Å². The summed E-state index contributed by atoms with van der Waals surface area (Å²) in [5.41, 5.74) is 3.44. The molecule has 2 aromatic rings. The second-order valence-electron chi connectivity index (χ2n) is 6.26. The van der Waals surface area contributed by atoms with E-state index in [-0.39, 0.29) is 0 Å². The minimum Gasteiger partial charge on any atom is -0.380 e. The van der Waals surface area contributed by atoms with Crippen LogP contribution in [0, 0.1) is 18.8 Å². The fourth-order valence-electron chi connectivity index (χ4n) is 3.98. The largest absolute Gasteiger partial charge is 0.380 e. The Morgan fingerprint density at radius 3 is 2.84 bits per heavy atom. The van der Waals surface area contributed by atoms with E-state index in [1.165, 1.54) is 36.8 Å². The molecule has 2 heteroatoms. The van der Waals surface area contributed by atoms with Crippen LogP contribution in [-0.4, -0.2) is 11.0 Å². The van der Waals surface area contributed by atoms with Gasteiger partial charge in [0.2, 0.25) is 0 Å². The van der Waals surface area contributed by atoms with Gasteiger partial charge in [0.25, 0.3) is 0 Å². The van der Waals surface area contributed by atoms with Crippen molar-refractivity contribution in [2.24, 2.45) is 11.8 Å². The molecule has 98 valence electrons. The van der Waals surface area contributed by atoms with Crippen molar-refractivity contribution in [1.29, 1.82) is 0 Å². The third kappa shape index (κ3) is 1.90. The topological polar surface area (TPSA) is 24.9 Å². The van der Waals surface area contributed by atoms with Crippen molar-refractivity contribution in [3.8, 4) is 0 Å². The molecule has 0 saturated heterocycles. The normalized spacial score (nSPS) is 29.0. The van der Waals surface area contributed by atoms with Gasteiger partial charge in [-0.2, -0.15) is 0 Å².